The van der Waals surface area contributed by atoms with Crippen LogP contribution in [0, 0.1) is 10.1 Å². The summed E-state index contributed by atoms with van der Waals surface area (Å²) in [4.78, 5) is 43.1. The predicted molar refractivity (Wildman–Crippen MR) is 136 cm³/mol. The predicted octanol–water partition coefficient (Wildman–Crippen LogP) is 4.03. The van der Waals surface area contributed by atoms with E-state index in [1.807, 2.05) is 17.5 Å². The number of rotatable bonds is 6. The van der Waals surface area contributed by atoms with Crippen molar-refractivity contribution < 1.29 is 18.9 Å². The maximum Gasteiger partial charge on any atom is 0.338 e. The smallest absolute Gasteiger partial charge is 0.338 e. The summed E-state index contributed by atoms with van der Waals surface area (Å²) in [6.07, 6.45) is 1.58. The molecule has 1 aromatic carbocycles. The Morgan fingerprint density at radius 3 is 2.78 bits per heavy atom. The molecule has 0 N–H and O–H groups in total. The van der Waals surface area contributed by atoms with Crippen molar-refractivity contribution in [2.45, 2.75) is 19.9 Å². The minimum Gasteiger partial charge on any atom is -0.463 e. The van der Waals surface area contributed by atoms with Gasteiger partial charge in [0.1, 0.15) is 17.6 Å². The van der Waals surface area contributed by atoms with E-state index < -0.39 is 16.9 Å². The fourth-order valence-corrected chi connectivity index (χ4v) is 5.90. The van der Waals surface area contributed by atoms with Crippen LogP contribution in [0.2, 0.25) is 0 Å². The lowest BCUT2D eigenvalue weighted by Gasteiger charge is -2.23. The lowest BCUT2D eigenvalue weighted by Crippen LogP contribution is -2.39. The van der Waals surface area contributed by atoms with Crippen molar-refractivity contribution in [3.05, 3.63) is 106 Å². The number of esters is 1. The summed E-state index contributed by atoms with van der Waals surface area (Å²) in [6, 6.07) is 12.6. The fourth-order valence-electron chi connectivity index (χ4n) is 4.05. The summed E-state index contributed by atoms with van der Waals surface area (Å²) < 4.78 is 13.0. The van der Waals surface area contributed by atoms with Crippen LogP contribution in [0.1, 0.15) is 30.5 Å². The van der Waals surface area contributed by atoms with Crippen molar-refractivity contribution in [2.75, 3.05) is 6.61 Å². The molecule has 3 aromatic heterocycles. The summed E-state index contributed by atoms with van der Waals surface area (Å²) in [5.41, 5.74) is 0.771. The Balaban J connectivity index is 1.62. The molecule has 0 radical (unpaired) electrons. The molecule has 182 valence electrons. The molecule has 5 rings (SSSR count). The number of nitrogens with zero attached hydrogens (tertiary/aromatic N) is 3. The lowest BCUT2D eigenvalue weighted by atomic mass is 10.0. The van der Waals surface area contributed by atoms with E-state index >= 15 is 0 Å². The molecule has 0 fully saturated rings. The molecule has 9 nitrogen and oxygen atoms in total. The Bertz CT molecular complexity index is 1690. The lowest BCUT2D eigenvalue weighted by molar-refractivity contribution is -0.384. The van der Waals surface area contributed by atoms with E-state index in [0.717, 1.165) is 4.88 Å². The minimum absolute atomic E-state index is 0.0734. The van der Waals surface area contributed by atoms with Crippen LogP contribution in [0.15, 0.2) is 79.4 Å². The van der Waals surface area contributed by atoms with Crippen molar-refractivity contribution >= 4 is 40.4 Å². The highest BCUT2D eigenvalue weighted by Gasteiger charge is 2.33. The monoisotopic (exact) mass is 521 g/mol. The zero-order valence-corrected chi connectivity index (χ0v) is 20.8. The van der Waals surface area contributed by atoms with Crippen molar-refractivity contribution in [1.82, 2.24) is 4.57 Å². The van der Waals surface area contributed by atoms with Crippen LogP contribution >= 0.6 is 22.7 Å². The molecule has 0 saturated heterocycles. The largest absolute Gasteiger partial charge is 0.463 e. The van der Waals surface area contributed by atoms with E-state index in [1.54, 1.807) is 50.3 Å². The molecule has 1 aliphatic rings. The van der Waals surface area contributed by atoms with Gasteiger partial charge in [0.15, 0.2) is 4.80 Å². The van der Waals surface area contributed by atoms with E-state index in [9.17, 15) is 19.7 Å². The normalized spacial score (nSPS) is 15.5. The van der Waals surface area contributed by atoms with Gasteiger partial charge in [0, 0.05) is 17.0 Å². The highest BCUT2D eigenvalue weighted by Crippen LogP contribution is 2.33. The summed E-state index contributed by atoms with van der Waals surface area (Å²) in [7, 11) is 0. The number of carbonyl (C=O) groups excluding carboxylic acids is 1. The zero-order chi connectivity index (χ0) is 25.4. The number of furan rings is 1. The molecule has 0 unspecified atom stereocenters. The first kappa shape index (κ1) is 23.6. The molecule has 0 spiro atoms. The van der Waals surface area contributed by atoms with Crippen LogP contribution < -0.4 is 14.9 Å². The molecule has 1 aliphatic heterocycles. The number of thiophene rings is 1. The summed E-state index contributed by atoms with van der Waals surface area (Å²) in [6.45, 7) is 3.66. The van der Waals surface area contributed by atoms with E-state index in [0.29, 0.717) is 37.7 Å². The van der Waals surface area contributed by atoms with E-state index in [2.05, 4.69) is 4.99 Å². The fraction of sp³-hybridized carbons (Fsp3) is 0.160. The highest BCUT2D eigenvalue weighted by molar-refractivity contribution is 7.10. The van der Waals surface area contributed by atoms with E-state index in [-0.39, 0.29) is 17.9 Å². The van der Waals surface area contributed by atoms with Crippen LogP contribution in [0.4, 0.5) is 5.69 Å². The Labute approximate surface area is 212 Å². The number of allylic oxidation sites excluding steroid dienone is 1. The number of nitro benzene ring substituents is 1. The first-order valence-electron chi connectivity index (χ1n) is 11.0. The molecule has 0 amide bonds. The van der Waals surface area contributed by atoms with Crippen LogP contribution in [-0.4, -0.2) is 22.1 Å². The maximum atomic E-state index is 13.6. The number of nitro groups is 1. The quantitative estimate of drug-likeness (QED) is 0.215. The average Bonchev–Trinajstić information content (AvgIpc) is 3.60. The third kappa shape index (κ3) is 4.12. The summed E-state index contributed by atoms with van der Waals surface area (Å²) in [5.74, 6) is 0.173. The Morgan fingerprint density at radius 1 is 1.25 bits per heavy atom. The standard InChI is InChI=1S/C25H19N3O6S2/c1-3-33-24(30)21-14(2)26-25-27(22(21)19-9-6-12-35-19)23(29)20(36-25)13-15-10-11-18(34-15)16-7-4-5-8-17(16)28(31)32/h4-13,22H,3H2,1-2H3/b20-13+/t22-/m1/s1. The van der Waals surface area contributed by atoms with Gasteiger partial charge in [-0.1, -0.05) is 29.5 Å². The maximum absolute atomic E-state index is 13.6. The number of ether oxygens (including phenoxy) is 1. The molecule has 0 aliphatic carbocycles. The van der Waals surface area contributed by atoms with Gasteiger partial charge in [0.25, 0.3) is 11.2 Å². The van der Waals surface area contributed by atoms with E-state index in [4.69, 9.17) is 9.15 Å². The number of aromatic nitrogens is 1. The first-order chi connectivity index (χ1) is 17.4. The van der Waals surface area contributed by atoms with Gasteiger partial charge in [-0.15, -0.1) is 11.3 Å². The number of fused-ring (bicyclic) bond motifs is 1. The molecule has 11 heteroatoms. The van der Waals surface area contributed by atoms with E-state index in [1.165, 1.54) is 33.3 Å². The first-order valence-corrected chi connectivity index (χ1v) is 12.7. The molecule has 36 heavy (non-hydrogen) atoms. The molecule has 0 saturated carbocycles. The number of hydrogen-bond donors (Lipinski definition) is 0. The minimum atomic E-state index is -0.651. The third-order valence-electron chi connectivity index (χ3n) is 5.60. The van der Waals surface area contributed by atoms with Gasteiger partial charge in [0.2, 0.25) is 0 Å². The average molecular weight is 522 g/mol. The van der Waals surface area contributed by atoms with Crippen LogP contribution in [0.25, 0.3) is 17.4 Å². The second kappa shape index (κ2) is 9.51. The summed E-state index contributed by atoms with van der Waals surface area (Å²) >= 11 is 2.62. The van der Waals surface area contributed by atoms with Gasteiger partial charge in [-0.25, -0.2) is 9.79 Å². The zero-order valence-electron chi connectivity index (χ0n) is 19.2. The SMILES string of the molecule is CCOC(=O)C1=C(C)N=c2s/c(=C/c3ccc(-c4ccccc4[N+](=O)[O-])o3)c(=O)n2[C@@H]1c1cccs1. The number of hydrogen-bond acceptors (Lipinski definition) is 9. The number of benzene rings is 1. The number of thiazole rings is 1. The third-order valence-corrected chi connectivity index (χ3v) is 7.50. The molecule has 0 bridgehead atoms. The number of para-hydroxylation sites is 1. The van der Waals surface area contributed by atoms with Crippen LogP contribution in [0.3, 0.4) is 0 Å². The van der Waals surface area contributed by atoms with Gasteiger partial charge in [0.05, 0.1) is 32.9 Å². The van der Waals surface area contributed by atoms with Crippen LogP contribution in [0.5, 0.6) is 0 Å². The number of carbonyl (C=O) groups is 1. The molecular weight excluding hydrogens is 502 g/mol. The second-order valence-electron chi connectivity index (χ2n) is 7.79. The Morgan fingerprint density at radius 2 is 2.06 bits per heavy atom. The van der Waals surface area contributed by atoms with Gasteiger partial charge in [-0.2, -0.15) is 0 Å². The van der Waals surface area contributed by atoms with Gasteiger partial charge in [-0.3, -0.25) is 19.5 Å². The molecule has 1 atom stereocenters. The van der Waals surface area contributed by atoms with Gasteiger partial charge < -0.3 is 9.15 Å². The van der Waals surface area contributed by atoms with Crippen molar-refractivity contribution in [3.63, 3.8) is 0 Å². The summed E-state index contributed by atoms with van der Waals surface area (Å²) in [5, 5.41) is 13.3. The molecular formula is C25H19N3O6S2. The molecule has 4 heterocycles. The second-order valence-corrected chi connectivity index (χ2v) is 9.78. The van der Waals surface area contributed by atoms with Gasteiger partial charge in [-0.05, 0) is 43.5 Å². The highest BCUT2D eigenvalue weighted by atomic mass is 32.1. The van der Waals surface area contributed by atoms with Crippen molar-refractivity contribution in [3.8, 4) is 11.3 Å². The van der Waals surface area contributed by atoms with Crippen molar-refractivity contribution in [2.24, 2.45) is 4.99 Å². The topological polar surface area (TPSA) is 117 Å². The Kier molecular flexibility index (Phi) is 6.25. The molecule has 4 aromatic rings. The van der Waals surface area contributed by atoms with Gasteiger partial charge >= 0.3 is 5.97 Å². The Hall–Kier alpha value is -4.09. The van der Waals surface area contributed by atoms with Crippen LogP contribution in [-0.2, 0) is 9.53 Å². The van der Waals surface area contributed by atoms with Crippen molar-refractivity contribution in [1.29, 1.82) is 0 Å².